The molecule has 2 nitrogen and oxygen atoms in total. The van der Waals surface area contributed by atoms with Crippen LogP contribution in [0.15, 0.2) is 18.2 Å². The Balaban J connectivity index is 2.65. The second-order valence-electron chi connectivity index (χ2n) is 4.46. The molecule has 0 saturated carbocycles. The van der Waals surface area contributed by atoms with Crippen molar-refractivity contribution in [2.45, 2.75) is 26.8 Å². The monoisotopic (exact) mass is 206 g/mol. The largest absolute Gasteiger partial charge is 0.383 e. The minimum absolute atomic E-state index is 0.545. The molecule has 0 fully saturated rings. The summed E-state index contributed by atoms with van der Waals surface area (Å²) in [5.41, 5.74) is 3.92. The van der Waals surface area contributed by atoms with E-state index < -0.39 is 0 Å². The van der Waals surface area contributed by atoms with Crippen molar-refractivity contribution in [2.24, 2.45) is 0 Å². The van der Waals surface area contributed by atoms with Crippen LogP contribution in [0.4, 0.5) is 5.69 Å². The van der Waals surface area contributed by atoms with E-state index in [1.54, 1.807) is 0 Å². The second kappa shape index (κ2) is 5.17. The summed E-state index contributed by atoms with van der Waals surface area (Å²) in [6.07, 6.45) is 0. The highest BCUT2D eigenvalue weighted by Crippen LogP contribution is 2.19. The SMILES string of the molecule is Cc1cccc(C)c1NCC(C)N(C)C. The van der Waals surface area contributed by atoms with E-state index in [0.717, 1.165) is 6.54 Å². The molecule has 84 valence electrons. The van der Waals surface area contributed by atoms with Gasteiger partial charge in [0.05, 0.1) is 0 Å². The van der Waals surface area contributed by atoms with Gasteiger partial charge >= 0.3 is 0 Å². The molecule has 2 heteroatoms. The van der Waals surface area contributed by atoms with Gasteiger partial charge in [0.25, 0.3) is 0 Å². The lowest BCUT2D eigenvalue weighted by Gasteiger charge is -2.22. The quantitative estimate of drug-likeness (QED) is 0.814. The van der Waals surface area contributed by atoms with Gasteiger partial charge in [-0.15, -0.1) is 0 Å². The molecule has 1 atom stereocenters. The molecule has 0 radical (unpaired) electrons. The number of aryl methyl sites for hydroxylation is 2. The minimum atomic E-state index is 0.545. The standard InChI is InChI=1S/C13H22N2/c1-10-7-6-8-11(2)13(10)14-9-12(3)15(4)5/h6-8,12,14H,9H2,1-5H3. The highest BCUT2D eigenvalue weighted by Gasteiger charge is 2.06. The maximum absolute atomic E-state index is 3.52. The summed E-state index contributed by atoms with van der Waals surface area (Å²) in [5, 5.41) is 3.52. The lowest BCUT2D eigenvalue weighted by molar-refractivity contribution is 0.326. The third-order valence-corrected chi connectivity index (χ3v) is 2.94. The van der Waals surface area contributed by atoms with Gasteiger partial charge in [-0.25, -0.2) is 0 Å². The van der Waals surface area contributed by atoms with Gasteiger partial charge < -0.3 is 10.2 Å². The first kappa shape index (κ1) is 12.1. The molecule has 0 saturated heterocycles. The first-order valence-electron chi connectivity index (χ1n) is 5.49. The van der Waals surface area contributed by atoms with Crippen molar-refractivity contribution >= 4 is 5.69 Å². The molecule has 1 aromatic rings. The van der Waals surface area contributed by atoms with Gasteiger partial charge in [0.2, 0.25) is 0 Å². The fourth-order valence-corrected chi connectivity index (χ4v) is 1.53. The van der Waals surface area contributed by atoms with E-state index in [4.69, 9.17) is 0 Å². The average molecular weight is 206 g/mol. The van der Waals surface area contributed by atoms with Gasteiger partial charge in [0, 0.05) is 18.3 Å². The number of benzene rings is 1. The molecule has 1 rings (SSSR count). The van der Waals surface area contributed by atoms with E-state index in [1.807, 2.05) is 0 Å². The van der Waals surface area contributed by atoms with Crippen LogP contribution in [0.2, 0.25) is 0 Å². The summed E-state index contributed by atoms with van der Waals surface area (Å²) in [6, 6.07) is 6.94. The van der Waals surface area contributed by atoms with Crippen LogP contribution in [0.25, 0.3) is 0 Å². The molecular weight excluding hydrogens is 184 g/mol. The number of nitrogens with one attached hydrogen (secondary N) is 1. The van der Waals surface area contributed by atoms with Gasteiger partial charge in [-0.1, -0.05) is 18.2 Å². The summed E-state index contributed by atoms with van der Waals surface area (Å²) in [5.74, 6) is 0. The summed E-state index contributed by atoms with van der Waals surface area (Å²) in [7, 11) is 4.22. The normalized spacial score (nSPS) is 12.9. The number of likely N-dealkylation sites (N-methyl/N-ethyl adjacent to an activating group) is 1. The number of anilines is 1. The molecule has 0 amide bonds. The van der Waals surface area contributed by atoms with E-state index in [2.05, 4.69) is 63.3 Å². The van der Waals surface area contributed by atoms with Gasteiger partial charge in [-0.3, -0.25) is 0 Å². The third-order valence-electron chi connectivity index (χ3n) is 2.94. The molecule has 0 aromatic heterocycles. The molecule has 0 aliphatic heterocycles. The maximum Gasteiger partial charge on any atom is 0.0400 e. The maximum atomic E-state index is 3.52. The fraction of sp³-hybridized carbons (Fsp3) is 0.538. The molecule has 0 aliphatic carbocycles. The van der Waals surface area contributed by atoms with Crippen LogP contribution in [0, 0.1) is 13.8 Å². The summed E-state index contributed by atoms with van der Waals surface area (Å²) in [6.45, 7) is 7.50. The fourth-order valence-electron chi connectivity index (χ4n) is 1.53. The highest BCUT2D eigenvalue weighted by molar-refractivity contribution is 5.56. The number of para-hydroxylation sites is 1. The van der Waals surface area contributed by atoms with Gasteiger partial charge in [-0.2, -0.15) is 0 Å². The Morgan fingerprint density at radius 1 is 1.20 bits per heavy atom. The lowest BCUT2D eigenvalue weighted by atomic mass is 10.1. The van der Waals surface area contributed by atoms with Crippen molar-refractivity contribution < 1.29 is 0 Å². The highest BCUT2D eigenvalue weighted by atomic mass is 15.1. The number of nitrogens with zero attached hydrogens (tertiary/aromatic N) is 1. The molecular formula is C13H22N2. The average Bonchev–Trinajstić information content (AvgIpc) is 2.16. The lowest BCUT2D eigenvalue weighted by Crippen LogP contribution is -2.31. The van der Waals surface area contributed by atoms with Crippen LogP contribution in [-0.2, 0) is 0 Å². The molecule has 15 heavy (non-hydrogen) atoms. The van der Waals surface area contributed by atoms with Crippen molar-refractivity contribution in [3.8, 4) is 0 Å². The molecule has 0 heterocycles. The molecule has 0 aliphatic rings. The zero-order valence-corrected chi connectivity index (χ0v) is 10.5. The zero-order chi connectivity index (χ0) is 11.4. The molecule has 1 aromatic carbocycles. The van der Waals surface area contributed by atoms with Gasteiger partial charge in [-0.05, 0) is 46.0 Å². The minimum Gasteiger partial charge on any atom is -0.383 e. The Morgan fingerprint density at radius 2 is 1.73 bits per heavy atom. The Labute approximate surface area is 93.3 Å². The van der Waals surface area contributed by atoms with Crippen molar-refractivity contribution in [3.05, 3.63) is 29.3 Å². The molecule has 1 unspecified atom stereocenters. The summed E-state index contributed by atoms with van der Waals surface area (Å²) >= 11 is 0. The van der Waals surface area contributed by atoms with Crippen LogP contribution in [0.1, 0.15) is 18.1 Å². The Kier molecular flexibility index (Phi) is 4.15. The predicted octanol–water partition coefficient (Wildman–Crippen LogP) is 2.67. The summed E-state index contributed by atoms with van der Waals surface area (Å²) in [4.78, 5) is 2.22. The smallest absolute Gasteiger partial charge is 0.0400 e. The van der Waals surface area contributed by atoms with Crippen molar-refractivity contribution in [1.29, 1.82) is 0 Å². The van der Waals surface area contributed by atoms with Crippen LogP contribution >= 0.6 is 0 Å². The molecule has 1 N–H and O–H groups in total. The van der Waals surface area contributed by atoms with Crippen LogP contribution in [0.3, 0.4) is 0 Å². The van der Waals surface area contributed by atoms with E-state index in [1.165, 1.54) is 16.8 Å². The molecule has 0 spiro atoms. The first-order chi connectivity index (χ1) is 7.02. The topological polar surface area (TPSA) is 15.3 Å². The van der Waals surface area contributed by atoms with Crippen molar-refractivity contribution in [3.63, 3.8) is 0 Å². The number of hydrogen-bond donors (Lipinski definition) is 1. The van der Waals surface area contributed by atoms with Crippen LogP contribution < -0.4 is 5.32 Å². The van der Waals surface area contributed by atoms with Crippen molar-refractivity contribution in [1.82, 2.24) is 4.90 Å². The second-order valence-corrected chi connectivity index (χ2v) is 4.46. The Morgan fingerprint density at radius 3 is 2.20 bits per heavy atom. The van der Waals surface area contributed by atoms with Gasteiger partial charge in [0.1, 0.15) is 0 Å². The number of hydrogen-bond acceptors (Lipinski definition) is 2. The van der Waals surface area contributed by atoms with E-state index in [9.17, 15) is 0 Å². The molecule has 0 bridgehead atoms. The summed E-state index contributed by atoms with van der Waals surface area (Å²) < 4.78 is 0. The first-order valence-corrected chi connectivity index (χ1v) is 5.49. The van der Waals surface area contributed by atoms with Crippen molar-refractivity contribution in [2.75, 3.05) is 26.0 Å². The van der Waals surface area contributed by atoms with Crippen LogP contribution in [0.5, 0.6) is 0 Å². The zero-order valence-electron chi connectivity index (χ0n) is 10.5. The van der Waals surface area contributed by atoms with E-state index in [-0.39, 0.29) is 0 Å². The van der Waals surface area contributed by atoms with E-state index >= 15 is 0 Å². The third kappa shape index (κ3) is 3.24. The Bertz CT molecular complexity index is 298. The van der Waals surface area contributed by atoms with Gasteiger partial charge in [0.15, 0.2) is 0 Å². The van der Waals surface area contributed by atoms with E-state index in [0.29, 0.717) is 6.04 Å². The number of rotatable bonds is 4. The van der Waals surface area contributed by atoms with Crippen LogP contribution in [-0.4, -0.2) is 31.6 Å². The Hall–Kier alpha value is -1.02. The predicted molar refractivity (Wildman–Crippen MR) is 67.6 cm³/mol.